The molecule has 0 aliphatic heterocycles. The van der Waals surface area contributed by atoms with Gasteiger partial charge in [0.25, 0.3) is 0 Å². The molecule has 0 heterocycles. The quantitative estimate of drug-likeness (QED) is 0.519. The largest absolute Gasteiger partial charge is 0.295 e. The molecule has 0 amide bonds. The van der Waals surface area contributed by atoms with Crippen molar-refractivity contribution in [2.24, 2.45) is 29.1 Å². The minimum atomic E-state index is 0.227. The number of hydrogen-bond donors (Lipinski definition) is 0. The fraction of sp³-hybridized carbons (Fsp3) is 0.600. The van der Waals surface area contributed by atoms with Gasteiger partial charge >= 0.3 is 0 Å². The molecule has 1 spiro atoms. The van der Waals surface area contributed by atoms with Crippen molar-refractivity contribution in [3.63, 3.8) is 0 Å². The average molecular weight is 298 g/mol. The molecule has 3 aliphatic carbocycles. The first kappa shape index (κ1) is 15.5. The lowest BCUT2D eigenvalue weighted by atomic mass is 9.61. The minimum absolute atomic E-state index is 0.227. The first-order valence-corrected chi connectivity index (χ1v) is 8.46. The molecular weight excluding hydrogens is 272 g/mol. The summed E-state index contributed by atoms with van der Waals surface area (Å²) in [4.78, 5) is 23.9. The van der Waals surface area contributed by atoms with E-state index in [0.717, 1.165) is 17.9 Å². The molecule has 0 aromatic rings. The van der Waals surface area contributed by atoms with E-state index in [1.807, 2.05) is 13.8 Å². The molecule has 0 saturated heterocycles. The van der Waals surface area contributed by atoms with E-state index in [4.69, 9.17) is 0 Å². The van der Waals surface area contributed by atoms with Crippen LogP contribution in [-0.2, 0) is 9.59 Å². The zero-order chi connectivity index (χ0) is 15.9. The molecule has 2 heteroatoms. The molecule has 3 rings (SSSR count). The van der Waals surface area contributed by atoms with Crippen LogP contribution in [0.25, 0.3) is 0 Å². The molecule has 22 heavy (non-hydrogen) atoms. The van der Waals surface area contributed by atoms with Gasteiger partial charge in [-0.05, 0) is 74.3 Å². The summed E-state index contributed by atoms with van der Waals surface area (Å²) in [6, 6.07) is 0. The maximum absolute atomic E-state index is 12.0. The standard InChI is InChI=1S/C20H26O2/c1-4-5-6-16(21)8-14-10-18-15(9-17(22)7-13(2)3)11-20(18)12-19(14)20/h4-7,14-15,18-19H,1,8-12H2,2-3H3/b6-5+. The van der Waals surface area contributed by atoms with Crippen LogP contribution in [0.3, 0.4) is 0 Å². The average Bonchev–Trinajstić information content (AvgIpc) is 3.12. The molecule has 3 aliphatic rings. The smallest absolute Gasteiger partial charge is 0.155 e. The first-order valence-electron chi connectivity index (χ1n) is 8.46. The van der Waals surface area contributed by atoms with E-state index in [1.54, 1.807) is 24.3 Å². The second-order valence-corrected chi connectivity index (χ2v) is 7.77. The van der Waals surface area contributed by atoms with Gasteiger partial charge in [-0.1, -0.05) is 24.3 Å². The molecule has 0 aromatic carbocycles. The zero-order valence-electron chi connectivity index (χ0n) is 13.7. The summed E-state index contributed by atoms with van der Waals surface area (Å²) in [6.45, 7) is 7.56. The number of hydrogen-bond acceptors (Lipinski definition) is 2. The zero-order valence-corrected chi connectivity index (χ0v) is 13.7. The lowest BCUT2D eigenvalue weighted by Crippen LogP contribution is -2.37. The van der Waals surface area contributed by atoms with Gasteiger partial charge in [0.2, 0.25) is 0 Å². The lowest BCUT2D eigenvalue weighted by molar-refractivity contribution is -0.118. The first-order chi connectivity index (χ1) is 10.5. The van der Waals surface area contributed by atoms with Crippen LogP contribution in [0.4, 0.5) is 0 Å². The molecule has 3 saturated carbocycles. The summed E-state index contributed by atoms with van der Waals surface area (Å²) in [6.07, 6.45) is 11.9. The molecular formula is C20H26O2. The molecule has 118 valence electrons. The van der Waals surface area contributed by atoms with Crippen molar-refractivity contribution in [2.75, 3.05) is 0 Å². The van der Waals surface area contributed by atoms with Crippen LogP contribution in [0.1, 0.15) is 46.0 Å². The van der Waals surface area contributed by atoms with Crippen molar-refractivity contribution in [1.82, 2.24) is 0 Å². The SMILES string of the molecule is C=C/C=C/C(=O)CC1CC2C(CC(=O)C=C(C)C)CC23CC13. The summed E-state index contributed by atoms with van der Waals surface area (Å²) in [7, 11) is 0. The summed E-state index contributed by atoms with van der Waals surface area (Å²) >= 11 is 0. The van der Waals surface area contributed by atoms with Crippen LogP contribution in [-0.4, -0.2) is 11.6 Å². The van der Waals surface area contributed by atoms with Gasteiger partial charge in [-0.3, -0.25) is 9.59 Å². The Morgan fingerprint density at radius 1 is 1.09 bits per heavy atom. The van der Waals surface area contributed by atoms with Crippen molar-refractivity contribution < 1.29 is 9.59 Å². The van der Waals surface area contributed by atoms with Gasteiger partial charge < -0.3 is 0 Å². The molecule has 5 unspecified atom stereocenters. The van der Waals surface area contributed by atoms with Crippen molar-refractivity contribution in [3.8, 4) is 0 Å². The van der Waals surface area contributed by atoms with Gasteiger partial charge in [0.1, 0.15) is 0 Å². The van der Waals surface area contributed by atoms with Crippen molar-refractivity contribution in [3.05, 3.63) is 36.5 Å². The van der Waals surface area contributed by atoms with Crippen LogP contribution in [0.2, 0.25) is 0 Å². The van der Waals surface area contributed by atoms with E-state index in [2.05, 4.69) is 6.58 Å². The lowest BCUT2D eigenvalue weighted by Gasteiger charge is -2.43. The van der Waals surface area contributed by atoms with Crippen LogP contribution < -0.4 is 0 Å². The molecule has 0 bridgehead atoms. The van der Waals surface area contributed by atoms with E-state index in [9.17, 15) is 9.59 Å². The van der Waals surface area contributed by atoms with Gasteiger partial charge in [0.15, 0.2) is 11.6 Å². The van der Waals surface area contributed by atoms with Crippen molar-refractivity contribution in [2.45, 2.75) is 46.0 Å². The highest BCUT2D eigenvalue weighted by molar-refractivity contribution is 5.91. The summed E-state index contributed by atoms with van der Waals surface area (Å²) < 4.78 is 0. The number of carbonyl (C=O) groups is 2. The van der Waals surface area contributed by atoms with E-state index in [0.29, 0.717) is 36.0 Å². The minimum Gasteiger partial charge on any atom is -0.295 e. The Morgan fingerprint density at radius 2 is 1.82 bits per heavy atom. The van der Waals surface area contributed by atoms with Crippen LogP contribution >= 0.6 is 0 Å². The van der Waals surface area contributed by atoms with E-state index in [1.165, 1.54) is 12.8 Å². The second-order valence-electron chi connectivity index (χ2n) is 7.77. The molecule has 3 fully saturated rings. The summed E-state index contributed by atoms with van der Waals surface area (Å²) in [5, 5.41) is 0. The predicted octanol–water partition coefficient (Wildman–Crippen LogP) is 4.28. The van der Waals surface area contributed by atoms with Gasteiger partial charge in [0, 0.05) is 12.8 Å². The second kappa shape index (κ2) is 5.64. The Balaban J connectivity index is 1.55. The van der Waals surface area contributed by atoms with E-state index in [-0.39, 0.29) is 11.6 Å². The maximum atomic E-state index is 12.0. The van der Waals surface area contributed by atoms with Gasteiger partial charge in [-0.15, -0.1) is 0 Å². The third-order valence-electron chi connectivity index (χ3n) is 6.05. The highest BCUT2D eigenvalue weighted by Gasteiger charge is 2.73. The maximum Gasteiger partial charge on any atom is 0.155 e. The molecule has 0 radical (unpaired) electrons. The normalized spacial score (nSPS) is 37.9. The third kappa shape index (κ3) is 2.64. The van der Waals surface area contributed by atoms with Crippen LogP contribution in [0.15, 0.2) is 36.5 Å². The van der Waals surface area contributed by atoms with Crippen LogP contribution in [0.5, 0.6) is 0 Å². The highest BCUT2D eigenvalue weighted by atomic mass is 16.1. The van der Waals surface area contributed by atoms with Gasteiger partial charge in [-0.2, -0.15) is 0 Å². The van der Waals surface area contributed by atoms with Crippen molar-refractivity contribution in [1.29, 1.82) is 0 Å². The Labute approximate surface area is 133 Å². The van der Waals surface area contributed by atoms with Crippen LogP contribution in [0, 0.1) is 29.1 Å². The molecule has 5 atom stereocenters. The number of carbonyl (C=O) groups excluding carboxylic acids is 2. The van der Waals surface area contributed by atoms with Crippen molar-refractivity contribution >= 4 is 11.6 Å². The van der Waals surface area contributed by atoms with E-state index < -0.39 is 0 Å². The number of ketones is 2. The number of allylic oxidation sites excluding steroid dienone is 5. The topological polar surface area (TPSA) is 34.1 Å². The predicted molar refractivity (Wildman–Crippen MR) is 88.3 cm³/mol. The van der Waals surface area contributed by atoms with Gasteiger partial charge in [0.05, 0.1) is 0 Å². The Morgan fingerprint density at radius 3 is 2.50 bits per heavy atom. The Bertz CT molecular complexity index is 564. The summed E-state index contributed by atoms with van der Waals surface area (Å²) in [5.74, 6) is 3.09. The Kier molecular flexibility index (Phi) is 3.96. The third-order valence-corrected chi connectivity index (χ3v) is 6.05. The fourth-order valence-corrected chi connectivity index (χ4v) is 5.24. The van der Waals surface area contributed by atoms with Gasteiger partial charge in [-0.25, -0.2) is 0 Å². The monoisotopic (exact) mass is 298 g/mol. The molecule has 0 N–H and O–H groups in total. The number of rotatable bonds is 7. The van der Waals surface area contributed by atoms with E-state index >= 15 is 0 Å². The fourth-order valence-electron chi connectivity index (χ4n) is 5.24. The highest BCUT2D eigenvalue weighted by Crippen LogP contribution is 2.80. The molecule has 0 aromatic heterocycles. The molecule has 2 nitrogen and oxygen atoms in total. The summed E-state index contributed by atoms with van der Waals surface area (Å²) in [5.41, 5.74) is 1.62. The Hall–Kier alpha value is -1.44.